The molecule has 1 aromatic carbocycles. The Morgan fingerprint density at radius 2 is 2.24 bits per heavy atom. The first-order valence-electron chi connectivity index (χ1n) is 7.69. The molecule has 0 aliphatic heterocycles. The van der Waals surface area contributed by atoms with Crippen molar-refractivity contribution in [2.75, 3.05) is 13.1 Å². The first-order valence-corrected chi connectivity index (χ1v) is 7.69. The summed E-state index contributed by atoms with van der Waals surface area (Å²) < 4.78 is 0. The van der Waals surface area contributed by atoms with Crippen molar-refractivity contribution in [1.29, 1.82) is 0 Å². The lowest BCUT2D eigenvalue weighted by atomic mass is 9.92. The van der Waals surface area contributed by atoms with Crippen LogP contribution in [-0.4, -0.2) is 19.0 Å². The summed E-state index contributed by atoms with van der Waals surface area (Å²) in [7, 11) is 0. The Balaban J connectivity index is 1.49. The predicted molar refractivity (Wildman–Crippen MR) is 80.7 cm³/mol. The van der Waals surface area contributed by atoms with Crippen molar-refractivity contribution in [3.8, 4) is 0 Å². The van der Waals surface area contributed by atoms with Crippen LogP contribution in [0.1, 0.15) is 36.3 Å². The van der Waals surface area contributed by atoms with E-state index in [2.05, 4.69) is 39.6 Å². The Kier molecular flexibility index (Phi) is 4.11. The minimum absolute atomic E-state index is 0.172. The smallest absolute Gasteiger partial charge is 0.224 e. The van der Waals surface area contributed by atoms with Gasteiger partial charge in [0.2, 0.25) is 5.91 Å². The van der Waals surface area contributed by atoms with E-state index in [9.17, 15) is 4.79 Å². The van der Waals surface area contributed by atoms with Crippen LogP contribution in [0.3, 0.4) is 0 Å². The van der Waals surface area contributed by atoms with E-state index < -0.39 is 0 Å². The van der Waals surface area contributed by atoms with Crippen molar-refractivity contribution in [2.45, 2.75) is 31.6 Å². The van der Waals surface area contributed by atoms with Crippen molar-refractivity contribution in [3.63, 3.8) is 0 Å². The van der Waals surface area contributed by atoms with Gasteiger partial charge in [0.1, 0.15) is 0 Å². The molecule has 0 saturated heterocycles. The van der Waals surface area contributed by atoms with E-state index in [0.717, 1.165) is 25.7 Å². The summed E-state index contributed by atoms with van der Waals surface area (Å²) in [4.78, 5) is 15.0. The summed E-state index contributed by atoms with van der Waals surface area (Å²) in [6.45, 7) is 1.19. The molecule has 0 bridgehead atoms. The molecule has 0 spiro atoms. The van der Waals surface area contributed by atoms with Gasteiger partial charge in [-0.15, -0.1) is 0 Å². The average Bonchev–Trinajstić information content (AvgIpc) is 3.25. The van der Waals surface area contributed by atoms with E-state index in [0.29, 0.717) is 24.9 Å². The lowest BCUT2D eigenvalue weighted by Crippen LogP contribution is -2.27. The number of carbonyl (C=O) groups is 1. The number of nitrogens with zero attached hydrogens (tertiary/aromatic N) is 3. The van der Waals surface area contributed by atoms with Crippen molar-refractivity contribution >= 4 is 5.91 Å². The second-order valence-corrected chi connectivity index (χ2v) is 5.91. The zero-order valence-corrected chi connectivity index (χ0v) is 12.0. The third kappa shape index (κ3) is 2.88. The van der Waals surface area contributed by atoms with Gasteiger partial charge in [0.05, 0.1) is 0 Å². The fourth-order valence-corrected chi connectivity index (χ4v) is 3.61. The average molecular weight is 284 g/mol. The molecule has 0 radical (unpaired) electrons. The minimum atomic E-state index is 0.172. The molecule has 110 valence electrons. The van der Waals surface area contributed by atoms with Gasteiger partial charge in [0.25, 0.3) is 0 Å². The predicted octanol–water partition coefficient (Wildman–Crippen LogP) is 3.17. The van der Waals surface area contributed by atoms with Gasteiger partial charge in [-0.3, -0.25) is 4.79 Å². The summed E-state index contributed by atoms with van der Waals surface area (Å²) in [5.74, 6) is 1.36. The Morgan fingerprint density at radius 3 is 3.10 bits per heavy atom. The van der Waals surface area contributed by atoms with Crippen molar-refractivity contribution < 1.29 is 4.79 Å². The zero-order valence-electron chi connectivity index (χ0n) is 12.0. The van der Waals surface area contributed by atoms with Crippen LogP contribution in [0.15, 0.2) is 29.4 Å². The summed E-state index contributed by atoms with van der Waals surface area (Å²) in [6, 6.07) is 8.53. The number of fused-ring (bicyclic) bond motifs is 3. The largest absolute Gasteiger partial charge is 0.356 e. The third-order valence-corrected chi connectivity index (χ3v) is 4.68. The van der Waals surface area contributed by atoms with Gasteiger partial charge in [0.15, 0.2) is 0 Å². The molecule has 5 heteroatoms. The molecule has 1 aromatic rings. The van der Waals surface area contributed by atoms with Crippen molar-refractivity contribution in [2.24, 2.45) is 17.0 Å². The SMILES string of the molecule is [N-]=[N+]=NCCCCNC(=O)C1C2CCc3ccccc3C21. The highest BCUT2D eigenvalue weighted by Gasteiger charge is 2.56. The summed E-state index contributed by atoms with van der Waals surface area (Å²) in [5.41, 5.74) is 11.0. The van der Waals surface area contributed by atoms with Gasteiger partial charge in [-0.2, -0.15) is 0 Å². The van der Waals surface area contributed by atoms with Gasteiger partial charge >= 0.3 is 0 Å². The molecule has 2 aliphatic carbocycles. The van der Waals surface area contributed by atoms with Gasteiger partial charge in [0, 0.05) is 23.9 Å². The lowest BCUT2D eigenvalue weighted by Gasteiger charge is -2.13. The second kappa shape index (κ2) is 6.19. The second-order valence-electron chi connectivity index (χ2n) is 5.91. The molecule has 3 unspecified atom stereocenters. The fourth-order valence-electron chi connectivity index (χ4n) is 3.61. The minimum Gasteiger partial charge on any atom is -0.356 e. The van der Waals surface area contributed by atoms with Gasteiger partial charge in [-0.1, -0.05) is 29.4 Å². The molecule has 1 fully saturated rings. The topological polar surface area (TPSA) is 77.9 Å². The highest BCUT2D eigenvalue weighted by atomic mass is 16.2. The first kappa shape index (κ1) is 14.0. The van der Waals surface area contributed by atoms with Crippen molar-refractivity contribution in [1.82, 2.24) is 5.32 Å². The van der Waals surface area contributed by atoms with Gasteiger partial charge in [-0.05, 0) is 54.2 Å². The number of nitrogens with one attached hydrogen (secondary N) is 1. The molecular formula is C16H20N4O. The summed E-state index contributed by atoms with van der Waals surface area (Å²) in [6.07, 6.45) is 3.93. The Morgan fingerprint density at radius 1 is 1.38 bits per heavy atom. The number of carbonyl (C=O) groups excluding carboxylic acids is 1. The number of hydrogen-bond acceptors (Lipinski definition) is 2. The van der Waals surface area contributed by atoms with Crippen molar-refractivity contribution in [3.05, 3.63) is 45.8 Å². The monoisotopic (exact) mass is 284 g/mol. The Labute approximate surface area is 124 Å². The maximum Gasteiger partial charge on any atom is 0.224 e. The Hall–Kier alpha value is -2.00. The van der Waals surface area contributed by atoms with E-state index in [4.69, 9.17) is 5.53 Å². The number of amides is 1. The molecule has 2 aliphatic rings. The molecule has 0 aromatic heterocycles. The zero-order chi connectivity index (χ0) is 14.7. The van der Waals surface area contributed by atoms with E-state index in [1.54, 1.807) is 0 Å². The molecule has 21 heavy (non-hydrogen) atoms. The maximum absolute atomic E-state index is 12.3. The van der Waals surface area contributed by atoms with Gasteiger partial charge in [-0.25, -0.2) is 0 Å². The summed E-state index contributed by atoms with van der Waals surface area (Å²) in [5, 5.41) is 6.52. The molecule has 5 nitrogen and oxygen atoms in total. The van der Waals surface area contributed by atoms with E-state index in [-0.39, 0.29) is 11.8 Å². The molecule has 3 rings (SSSR count). The van der Waals surface area contributed by atoms with Crippen LogP contribution in [0.25, 0.3) is 10.4 Å². The molecular weight excluding hydrogens is 264 g/mol. The highest BCUT2D eigenvalue weighted by molar-refractivity contribution is 5.84. The molecule has 1 amide bonds. The van der Waals surface area contributed by atoms with Crippen LogP contribution >= 0.6 is 0 Å². The van der Waals surface area contributed by atoms with Crippen LogP contribution < -0.4 is 5.32 Å². The summed E-state index contributed by atoms with van der Waals surface area (Å²) >= 11 is 0. The van der Waals surface area contributed by atoms with E-state index >= 15 is 0 Å². The first-order chi connectivity index (χ1) is 10.3. The molecule has 1 saturated carbocycles. The van der Waals surface area contributed by atoms with Gasteiger partial charge < -0.3 is 5.32 Å². The van der Waals surface area contributed by atoms with E-state index in [1.807, 2.05) is 0 Å². The van der Waals surface area contributed by atoms with Crippen LogP contribution in [0, 0.1) is 11.8 Å². The molecule has 3 atom stereocenters. The van der Waals surface area contributed by atoms with Crippen LogP contribution in [0.4, 0.5) is 0 Å². The highest BCUT2D eigenvalue weighted by Crippen LogP contribution is 2.59. The normalized spacial score (nSPS) is 25.2. The molecule has 0 heterocycles. The third-order valence-electron chi connectivity index (χ3n) is 4.68. The number of azide groups is 1. The standard InChI is InChI=1S/C16H20N4O/c17-20-19-10-4-3-9-18-16(21)15-13-8-7-11-5-1-2-6-12(11)14(13)15/h1-2,5-6,13-15H,3-4,7-10H2,(H,18,21). The van der Waals surface area contributed by atoms with Crippen LogP contribution in [0.2, 0.25) is 0 Å². The molecule has 1 N–H and O–H groups in total. The number of rotatable bonds is 6. The number of benzene rings is 1. The van der Waals surface area contributed by atoms with E-state index in [1.165, 1.54) is 11.1 Å². The quantitative estimate of drug-likeness (QED) is 0.370. The van der Waals surface area contributed by atoms with Crippen LogP contribution in [-0.2, 0) is 11.2 Å². The van der Waals surface area contributed by atoms with Crippen LogP contribution in [0.5, 0.6) is 0 Å². The number of aryl methyl sites for hydroxylation is 1. The maximum atomic E-state index is 12.3. The number of hydrogen-bond donors (Lipinski definition) is 1. The fraction of sp³-hybridized carbons (Fsp3) is 0.562. The Bertz CT molecular complexity index is 579. The number of unbranched alkanes of at least 4 members (excludes halogenated alkanes) is 1. The lowest BCUT2D eigenvalue weighted by molar-refractivity contribution is -0.122.